The molecular weight excluding hydrogens is 453 g/mol. The van der Waals surface area contributed by atoms with Gasteiger partial charge in [0.25, 0.3) is 5.91 Å². The van der Waals surface area contributed by atoms with Crippen LogP contribution in [0.3, 0.4) is 0 Å². The second kappa shape index (κ2) is 11.4. The van der Waals surface area contributed by atoms with E-state index in [2.05, 4.69) is 10.6 Å². The predicted octanol–water partition coefficient (Wildman–Crippen LogP) is 4.66. The molecule has 0 fully saturated rings. The lowest BCUT2D eigenvalue weighted by atomic mass is 10.2. The Hall–Kier alpha value is -3.27. The van der Waals surface area contributed by atoms with E-state index in [0.29, 0.717) is 24.1 Å². The average Bonchev–Trinajstić information content (AvgIpc) is 2.73. The quantitative estimate of drug-likeness (QED) is 0.518. The lowest BCUT2D eigenvalue weighted by molar-refractivity contribution is -0.147. The van der Waals surface area contributed by atoms with E-state index in [-0.39, 0.29) is 23.6 Å². The van der Waals surface area contributed by atoms with Crippen LogP contribution >= 0.6 is 11.6 Å². The molecule has 11 heteroatoms. The Bertz CT molecular complexity index is 965. The smallest absolute Gasteiger partial charge is 0.416 e. The number of nitrogens with one attached hydrogen (secondary N) is 2. The van der Waals surface area contributed by atoms with E-state index < -0.39 is 36.1 Å². The molecule has 172 valence electrons. The standard InChI is InChI=1S/C21H20ClF3N2O5/c1-2-31-15-6-4-14(5-7-15)26-19(29)12-32-20(30)10-9-18(28)27-17-11-13(21(23,24)25)3-8-16(17)22/h3-8,11H,2,9-10,12H2,1H3,(H,26,29)(H,27,28). The third kappa shape index (κ3) is 8.10. The Morgan fingerprint density at radius 3 is 2.28 bits per heavy atom. The van der Waals surface area contributed by atoms with Crippen molar-refractivity contribution in [1.82, 2.24) is 0 Å². The molecule has 2 rings (SSSR count). The van der Waals surface area contributed by atoms with Crippen LogP contribution in [0.2, 0.25) is 5.02 Å². The maximum Gasteiger partial charge on any atom is 0.416 e. The molecule has 0 heterocycles. The lowest BCUT2D eigenvalue weighted by Gasteiger charge is -2.11. The van der Waals surface area contributed by atoms with Crippen molar-refractivity contribution in [2.24, 2.45) is 0 Å². The first-order valence-corrected chi connectivity index (χ1v) is 9.81. The number of ether oxygens (including phenoxy) is 2. The van der Waals surface area contributed by atoms with Gasteiger partial charge in [0.05, 0.1) is 29.3 Å². The predicted molar refractivity (Wildman–Crippen MR) is 112 cm³/mol. The molecule has 2 aromatic carbocycles. The maximum absolute atomic E-state index is 12.8. The molecule has 0 bridgehead atoms. The van der Waals surface area contributed by atoms with Crippen molar-refractivity contribution in [1.29, 1.82) is 0 Å². The first-order valence-electron chi connectivity index (χ1n) is 9.43. The number of carbonyl (C=O) groups excluding carboxylic acids is 3. The highest BCUT2D eigenvalue weighted by molar-refractivity contribution is 6.33. The van der Waals surface area contributed by atoms with Crippen molar-refractivity contribution >= 4 is 40.8 Å². The molecule has 0 unspecified atom stereocenters. The SMILES string of the molecule is CCOc1ccc(NC(=O)COC(=O)CCC(=O)Nc2cc(C(F)(F)F)ccc2Cl)cc1. The van der Waals surface area contributed by atoms with E-state index in [4.69, 9.17) is 21.1 Å². The molecule has 32 heavy (non-hydrogen) atoms. The minimum atomic E-state index is -4.60. The summed E-state index contributed by atoms with van der Waals surface area (Å²) in [6.07, 6.45) is -5.34. The van der Waals surface area contributed by atoms with Crippen LogP contribution in [0, 0.1) is 0 Å². The molecular formula is C21H20ClF3N2O5. The molecule has 0 aromatic heterocycles. The second-order valence-corrected chi connectivity index (χ2v) is 6.81. The molecule has 0 saturated carbocycles. The van der Waals surface area contributed by atoms with E-state index >= 15 is 0 Å². The highest BCUT2D eigenvalue weighted by Crippen LogP contribution is 2.33. The van der Waals surface area contributed by atoms with Gasteiger partial charge in [-0.25, -0.2) is 0 Å². The molecule has 0 saturated heterocycles. The molecule has 0 atom stereocenters. The molecule has 2 aromatic rings. The Morgan fingerprint density at radius 2 is 1.66 bits per heavy atom. The van der Waals surface area contributed by atoms with Crippen molar-refractivity contribution < 1.29 is 37.0 Å². The molecule has 0 spiro atoms. The molecule has 0 aliphatic heterocycles. The highest BCUT2D eigenvalue weighted by Gasteiger charge is 2.31. The zero-order chi connectivity index (χ0) is 23.7. The fraction of sp³-hybridized carbons (Fsp3) is 0.286. The average molecular weight is 473 g/mol. The Labute approximate surface area is 186 Å². The number of amides is 2. The third-order valence-corrected chi connectivity index (χ3v) is 4.27. The van der Waals surface area contributed by atoms with Crippen LogP contribution in [0.5, 0.6) is 5.75 Å². The van der Waals surface area contributed by atoms with Gasteiger partial charge in [-0.15, -0.1) is 0 Å². The number of hydrogen-bond acceptors (Lipinski definition) is 5. The molecule has 2 N–H and O–H groups in total. The summed E-state index contributed by atoms with van der Waals surface area (Å²) in [4.78, 5) is 35.5. The normalized spacial score (nSPS) is 10.9. The van der Waals surface area contributed by atoms with Gasteiger partial charge in [-0.1, -0.05) is 11.6 Å². The fourth-order valence-corrected chi connectivity index (χ4v) is 2.61. The van der Waals surface area contributed by atoms with Gasteiger partial charge in [-0.3, -0.25) is 14.4 Å². The van der Waals surface area contributed by atoms with Gasteiger partial charge >= 0.3 is 12.1 Å². The van der Waals surface area contributed by atoms with E-state index in [9.17, 15) is 27.6 Å². The molecule has 7 nitrogen and oxygen atoms in total. The zero-order valence-electron chi connectivity index (χ0n) is 16.9. The van der Waals surface area contributed by atoms with Gasteiger partial charge in [0, 0.05) is 12.1 Å². The van der Waals surface area contributed by atoms with Crippen LogP contribution in [-0.4, -0.2) is 31.0 Å². The summed E-state index contributed by atoms with van der Waals surface area (Å²) in [5, 5.41) is 4.67. The lowest BCUT2D eigenvalue weighted by Crippen LogP contribution is -2.21. The van der Waals surface area contributed by atoms with E-state index in [1.54, 1.807) is 24.3 Å². The molecule has 0 aliphatic carbocycles. The Balaban J connectivity index is 1.75. The summed E-state index contributed by atoms with van der Waals surface area (Å²) in [6.45, 7) is 1.79. The number of carbonyl (C=O) groups is 3. The molecule has 2 amide bonds. The van der Waals surface area contributed by atoms with E-state index in [1.807, 2.05) is 6.92 Å². The number of esters is 1. The summed E-state index contributed by atoms with van der Waals surface area (Å²) in [7, 11) is 0. The first-order chi connectivity index (χ1) is 15.1. The summed E-state index contributed by atoms with van der Waals surface area (Å²) >= 11 is 5.80. The van der Waals surface area contributed by atoms with Crippen LogP contribution in [-0.2, 0) is 25.3 Å². The van der Waals surface area contributed by atoms with Gasteiger partial charge in [-0.2, -0.15) is 13.2 Å². The minimum Gasteiger partial charge on any atom is -0.494 e. The van der Waals surface area contributed by atoms with Crippen LogP contribution < -0.4 is 15.4 Å². The number of alkyl halides is 3. The largest absolute Gasteiger partial charge is 0.494 e. The summed E-state index contributed by atoms with van der Waals surface area (Å²) in [6, 6.07) is 9.07. The number of halogens is 4. The van der Waals surface area contributed by atoms with E-state index in [0.717, 1.165) is 12.1 Å². The van der Waals surface area contributed by atoms with E-state index in [1.165, 1.54) is 0 Å². The summed E-state index contributed by atoms with van der Waals surface area (Å²) < 4.78 is 48.4. The zero-order valence-corrected chi connectivity index (χ0v) is 17.7. The van der Waals surface area contributed by atoms with Gasteiger partial charge in [-0.05, 0) is 49.4 Å². The Morgan fingerprint density at radius 1 is 0.969 bits per heavy atom. The fourth-order valence-electron chi connectivity index (χ4n) is 2.44. The summed E-state index contributed by atoms with van der Waals surface area (Å²) in [5.41, 5.74) is -0.725. The van der Waals surface area contributed by atoms with Crippen molar-refractivity contribution in [3.05, 3.63) is 53.1 Å². The maximum atomic E-state index is 12.8. The van der Waals surface area contributed by atoms with Crippen molar-refractivity contribution in [3.8, 4) is 5.75 Å². The van der Waals surface area contributed by atoms with Crippen LogP contribution in [0.1, 0.15) is 25.3 Å². The van der Waals surface area contributed by atoms with Gasteiger partial charge in [0.1, 0.15) is 5.75 Å². The molecule has 0 radical (unpaired) electrons. The monoisotopic (exact) mass is 472 g/mol. The molecule has 0 aliphatic rings. The highest BCUT2D eigenvalue weighted by atomic mass is 35.5. The summed E-state index contributed by atoms with van der Waals surface area (Å²) in [5.74, 6) is -1.50. The number of benzene rings is 2. The second-order valence-electron chi connectivity index (χ2n) is 6.41. The Kier molecular flexibility index (Phi) is 8.89. The van der Waals surface area contributed by atoms with Crippen LogP contribution in [0.4, 0.5) is 24.5 Å². The minimum absolute atomic E-state index is 0.0834. The number of anilines is 2. The van der Waals surface area contributed by atoms with Gasteiger partial charge in [0.15, 0.2) is 6.61 Å². The van der Waals surface area contributed by atoms with Crippen LogP contribution in [0.15, 0.2) is 42.5 Å². The number of rotatable bonds is 9. The number of hydrogen-bond donors (Lipinski definition) is 2. The van der Waals surface area contributed by atoms with Gasteiger partial charge in [0.2, 0.25) is 5.91 Å². The van der Waals surface area contributed by atoms with Crippen LogP contribution in [0.25, 0.3) is 0 Å². The first kappa shape index (κ1) is 25.0. The van der Waals surface area contributed by atoms with Crippen molar-refractivity contribution in [2.45, 2.75) is 25.9 Å². The van der Waals surface area contributed by atoms with Crippen molar-refractivity contribution in [3.63, 3.8) is 0 Å². The van der Waals surface area contributed by atoms with Crippen molar-refractivity contribution in [2.75, 3.05) is 23.8 Å². The van der Waals surface area contributed by atoms with Gasteiger partial charge < -0.3 is 20.1 Å². The topological polar surface area (TPSA) is 93.7 Å². The third-order valence-electron chi connectivity index (χ3n) is 3.94.